The van der Waals surface area contributed by atoms with E-state index in [1.54, 1.807) is 27.7 Å². The summed E-state index contributed by atoms with van der Waals surface area (Å²) in [5, 5.41) is 0. The summed E-state index contributed by atoms with van der Waals surface area (Å²) in [5.41, 5.74) is 0. The zero-order valence-electron chi connectivity index (χ0n) is 12.7. The Kier molecular flexibility index (Phi) is 3.60. The largest absolute Gasteiger partial charge is 0.367 e. The zero-order chi connectivity index (χ0) is 16.4. The average Bonchev–Trinajstić information content (AvgIpc) is 2.78. The fourth-order valence-corrected chi connectivity index (χ4v) is 3.46. The Bertz CT molecular complexity index is 582. The summed E-state index contributed by atoms with van der Waals surface area (Å²) in [7, 11) is -5.26. The van der Waals surface area contributed by atoms with E-state index in [9.17, 15) is 12.0 Å². The summed E-state index contributed by atoms with van der Waals surface area (Å²) in [6, 6.07) is 0. The maximum atomic E-state index is 12.7. The molecule has 3 aliphatic heterocycles. The standard InChI is InChI=1S/C12H19F2NO6S/c1-10(2)18-7-5-17-12(6-15-22(13,14)16)9(8(7)19-10)20-11(3,4)21-12/h7-9H,5-6H2,1-4H3/t7-,8-,9+,12+/m1/s1. The van der Waals surface area contributed by atoms with Gasteiger partial charge in [-0.2, -0.15) is 8.57 Å². The molecule has 128 valence electrons. The molecule has 0 aromatic heterocycles. The number of nitrogens with zero attached hydrogens (tertiary/aromatic N) is 1. The van der Waals surface area contributed by atoms with E-state index in [1.807, 2.05) is 0 Å². The van der Waals surface area contributed by atoms with Gasteiger partial charge in [0.05, 0.1) is 6.61 Å². The van der Waals surface area contributed by atoms with Crippen LogP contribution >= 0.6 is 0 Å². The van der Waals surface area contributed by atoms with E-state index in [4.69, 9.17) is 23.7 Å². The van der Waals surface area contributed by atoms with Gasteiger partial charge in [-0.05, 0) is 27.7 Å². The Balaban J connectivity index is 1.92. The lowest BCUT2D eigenvalue weighted by Crippen LogP contribution is -2.59. The molecule has 0 N–H and O–H groups in total. The highest BCUT2D eigenvalue weighted by Gasteiger charge is 2.65. The normalized spacial score (nSPS) is 42.7. The Morgan fingerprint density at radius 2 is 1.82 bits per heavy atom. The smallest absolute Gasteiger partial charge is 0.343 e. The number of hydrogen-bond acceptors (Lipinski definition) is 7. The van der Waals surface area contributed by atoms with Crippen molar-refractivity contribution in [3.8, 4) is 0 Å². The van der Waals surface area contributed by atoms with E-state index < -0.39 is 52.7 Å². The topological polar surface area (TPSA) is 75.6 Å². The summed E-state index contributed by atoms with van der Waals surface area (Å²) in [6.07, 6.45) is -1.75. The van der Waals surface area contributed by atoms with Crippen molar-refractivity contribution >= 4 is 10.5 Å². The van der Waals surface area contributed by atoms with E-state index in [0.29, 0.717) is 0 Å². The highest BCUT2D eigenvalue weighted by molar-refractivity contribution is 7.83. The Morgan fingerprint density at radius 3 is 2.45 bits per heavy atom. The van der Waals surface area contributed by atoms with Gasteiger partial charge in [-0.15, -0.1) is 0 Å². The van der Waals surface area contributed by atoms with Gasteiger partial charge in [0, 0.05) is 0 Å². The molecule has 3 aliphatic rings. The van der Waals surface area contributed by atoms with Crippen LogP contribution in [0.1, 0.15) is 27.7 Å². The predicted octanol–water partition coefficient (Wildman–Crippen LogP) is 1.62. The van der Waals surface area contributed by atoms with Crippen LogP contribution in [0.2, 0.25) is 0 Å². The number of fused-ring (bicyclic) bond motifs is 3. The molecule has 0 bridgehead atoms. The van der Waals surface area contributed by atoms with E-state index in [-0.39, 0.29) is 6.61 Å². The first kappa shape index (κ1) is 16.5. The van der Waals surface area contributed by atoms with Gasteiger partial charge < -0.3 is 23.7 Å². The summed E-state index contributed by atoms with van der Waals surface area (Å²) < 4.78 is 67.4. The molecule has 4 atom stereocenters. The van der Waals surface area contributed by atoms with Crippen LogP contribution in [-0.2, 0) is 34.2 Å². The molecule has 0 unspecified atom stereocenters. The second kappa shape index (κ2) is 4.81. The molecular weight excluding hydrogens is 324 g/mol. The maximum absolute atomic E-state index is 12.7. The van der Waals surface area contributed by atoms with E-state index in [1.165, 1.54) is 0 Å². The minimum atomic E-state index is -5.26. The van der Waals surface area contributed by atoms with Gasteiger partial charge in [0.25, 0.3) is 0 Å². The van der Waals surface area contributed by atoms with Crippen LogP contribution in [-0.4, -0.2) is 53.0 Å². The fourth-order valence-electron chi connectivity index (χ4n) is 3.13. The first-order valence-electron chi connectivity index (χ1n) is 6.91. The fraction of sp³-hybridized carbons (Fsp3) is 1.00. The van der Waals surface area contributed by atoms with Crippen molar-refractivity contribution in [3.05, 3.63) is 0 Å². The molecule has 0 aliphatic carbocycles. The minimum absolute atomic E-state index is 0.0827. The lowest BCUT2D eigenvalue weighted by atomic mass is 9.97. The highest BCUT2D eigenvalue weighted by atomic mass is 32.3. The number of hydrogen-bond donors (Lipinski definition) is 0. The first-order chi connectivity index (χ1) is 9.92. The van der Waals surface area contributed by atoms with Gasteiger partial charge >= 0.3 is 10.5 Å². The summed E-state index contributed by atoms with van der Waals surface area (Å²) in [6.45, 7) is 6.23. The maximum Gasteiger partial charge on any atom is 0.367 e. The van der Waals surface area contributed by atoms with Crippen LogP contribution in [0, 0.1) is 0 Å². The third kappa shape index (κ3) is 3.00. The van der Waals surface area contributed by atoms with Crippen molar-refractivity contribution in [2.24, 2.45) is 4.36 Å². The second-order valence-electron chi connectivity index (χ2n) is 6.49. The van der Waals surface area contributed by atoms with Crippen LogP contribution in [0.3, 0.4) is 0 Å². The molecule has 0 amide bonds. The van der Waals surface area contributed by atoms with Crippen molar-refractivity contribution < 1.29 is 35.7 Å². The van der Waals surface area contributed by atoms with Gasteiger partial charge in [0.15, 0.2) is 11.6 Å². The molecule has 7 nitrogen and oxygen atoms in total. The molecule has 22 heavy (non-hydrogen) atoms. The average molecular weight is 343 g/mol. The first-order valence-corrected chi connectivity index (χ1v) is 8.23. The second-order valence-corrected chi connectivity index (χ2v) is 7.54. The molecular formula is C12H19F2NO6S. The molecule has 3 heterocycles. The molecule has 3 rings (SSSR count). The third-order valence-corrected chi connectivity index (χ3v) is 4.14. The molecule has 0 aromatic carbocycles. The van der Waals surface area contributed by atoms with Crippen LogP contribution in [0.25, 0.3) is 0 Å². The van der Waals surface area contributed by atoms with Crippen molar-refractivity contribution in [2.75, 3.05) is 13.2 Å². The van der Waals surface area contributed by atoms with Crippen molar-refractivity contribution in [1.29, 1.82) is 0 Å². The van der Waals surface area contributed by atoms with Crippen molar-refractivity contribution in [3.63, 3.8) is 0 Å². The molecule has 0 saturated carbocycles. The highest BCUT2D eigenvalue weighted by Crippen LogP contribution is 2.47. The zero-order valence-corrected chi connectivity index (χ0v) is 13.5. The summed E-state index contributed by atoms with van der Waals surface area (Å²) in [5.74, 6) is -3.47. The van der Waals surface area contributed by atoms with Crippen molar-refractivity contribution in [1.82, 2.24) is 0 Å². The van der Waals surface area contributed by atoms with Gasteiger partial charge in [-0.1, -0.05) is 7.77 Å². The quantitative estimate of drug-likeness (QED) is 0.709. The van der Waals surface area contributed by atoms with E-state index in [2.05, 4.69) is 4.36 Å². The Hall–Kier alpha value is -0.390. The predicted molar refractivity (Wildman–Crippen MR) is 70.2 cm³/mol. The van der Waals surface area contributed by atoms with E-state index >= 15 is 0 Å². The van der Waals surface area contributed by atoms with Gasteiger partial charge in [0.1, 0.15) is 24.9 Å². The summed E-state index contributed by atoms with van der Waals surface area (Å²) >= 11 is 0. The molecule has 0 radical (unpaired) electrons. The molecule has 0 spiro atoms. The molecule has 10 heteroatoms. The van der Waals surface area contributed by atoms with Crippen molar-refractivity contribution in [2.45, 2.75) is 63.4 Å². The Morgan fingerprint density at radius 1 is 1.14 bits per heavy atom. The monoisotopic (exact) mass is 343 g/mol. The number of halogens is 2. The van der Waals surface area contributed by atoms with Crippen LogP contribution in [0.15, 0.2) is 4.36 Å². The lowest BCUT2D eigenvalue weighted by molar-refractivity contribution is -0.274. The number of ether oxygens (including phenoxy) is 5. The lowest BCUT2D eigenvalue weighted by Gasteiger charge is -2.39. The van der Waals surface area contributed by atoms with Gasteiger partial charge in [-0.3, -0.25) is 0 Å². The molecule has 0 aromatic rings. The van der Waals surface area contributed by atoms with Crippen LogP contribution in [0.4, 0.5) is 7.77 Å². The van der Waals surface area contributed by atoms with Gasteiger partial charge in [-0.25, -0.2) is 0 Å². The Labute approximate surface area is 128 Å². The number of rotatable bonds is 2. The third-order valence-electron chi connectivity index (χ3n) is 3.71. The SMILES string of the molecule is CC1(C)O[C@@H]2[C@@H](CO[C@@]3(CN=S(=O)(F)F)OC(C)(C)O[C@@H]23)O1. The molecule has 3 saturated heterocycles. The van der Waals surface area contributed by atoms with E-state index in [0.717, 1.165) is 0 Å². The minimum Gasteiger partial charge on any atom is -0.343 e. The molecule has 3 fully saturated rings. The van der Waals surface area contributed by atoms with Crippen LogP contribution < -0.4 is 0 Å². The van der Waals surface area contributed by atoms with Gasteiger partial charge in [0.2, 0.25) is 5.79 Å². The summed E-state index contributed by atoms with van der Waals surface area (Å²) in [4.78, 5) is 0. The van der Waals surface area contributed by atoms with Crippen LogP contribution in [0.5, 0.6) is 0 Å².